The third-order valence-electron chi connectivity index (χ3n) is 4.98. The first kappa shape index (κ1) is 23.2. The Balaban J connectivity index is 1.70. The predicted octanol–water partition coefficient (Wildman–Crippen LogP) is 3.34. The summed E-state index contributed by atoms with van der Waals surface area (Å²) in [6.07, 6.45) is 2.63. The van der Waals surface area contributed by atoms with E-state index < -0.39 is 28.5 Å². The van der Waals surface area contributed by atoms with Crippen LogP contribution in [-0.4, -0.2) is 51.4 Å². The number of amides is 1. The molecule has 8 nitrogen and oxygen atoms in total. The third-order valence-corrected chi connectivity index (χ3v) is 7.86. The molecule has 2 heterocycles. The maximum absolute atomic E-state index is 13.1. The van der Waals surface area contributed by atoms with Crippen LogP contribution < -0.4 is 10.1 Å². The van der Waals surface area contributed by atoms with E-state index in [1.807, 2.05) is 13.8 Å². The monoisotopic (exact) mass is 466 g/mol. The molecule has 0 radical (unpaired) electrons. The van der Waals surface area contributed by atoms with E-state index in [0.717, 1.165) is 29.0 Å². The van der Waals surface area contributed by atoms with Crippen LogP contribution in [0, 0.1) is 13.8 Å². The summed E-state index contributed by atoms with van der Waals surface area (Å²) in [4.78, 5) is 26.3. The first-order valence-electron chi connectivity index (χ1n) is 9.94. The van der Waals surface area contributed by atoms with Crippen LogP contribution in [0.1, 0.15) is 39.4 Å². The zero-order chi connectivity index (χ0) is 22.6. The van der Waals surface area contributed by atoms with Crippen LogP contribution in [0.25, 0.3) is 0 Å². The van der Waals surface area contributed by atoms with Gasteiger partial charge in [0.2, 0.25) is 10.0 Å². The number of esters is 1. The van der Waals surface area contributed by atoms with Gasteiger partial charge in [-0.25, -0.2) is 13.2 Å². The van der Waals surface area contributed by atoms with Gasteiger partial charge in [0.05, 0.1) is 12.7 Å². The van der Waals surface area contributed by atoms with Gasteiger partial charge in [-0.2, -0.15) is 4.31 Å². The van der Waals surface area contributed by atoms with E-state index in [2.05, 4.69) is 5.32 Å². The molecule has 0 atom stereocenters. The second-order valence-corrected chi connectivity index (χ2v) is 10.6. The highest BCUT2D eigenvalue weighted by atomic mass is 32.2. The van der Waals surface area contributed by atoms with Gasteiger partial charge in [-0.3, -0.25) is 4.79 Å². The van der Waals surface area contributed by atoms with Gasteiger partial charge in [0.15, 0.2) is 6.61 Å². The highest BCUT2D eigenvalue weighted by molar-refractivity contribution is 7.89. The summed E-state index contributed by atoms with van der Waals surface area (Å²) in [5.41, 5.74) is 0.717. The average molecular weight is 467 g/mol. The van der Waals surface area contributed by atoms with Crippen LogP contribution in [-0.2, 0) is 19.6 Å². The number of nitrogens with one attached hydrogen (secondary N) is 1. The van der Waals surface area contributed by atoms with Crippen molar-refractivity contribution in [2.75, 3.05) is 32.1 Å². The van der Waals surface area contributed by atoms with Gasteiger partial charge in [0, 0.05) is 28.5 Å². The van der Waals surface area contributed by atoms with Gasteiger partial charge in [0.25, 0.3) is 5.91 Å². The summed E-state index contributed by atoms with van der Waals surface area (Å²) < 4.78 is 37.9. The Hall–Kier alpha value is -2.43. The Morgan fingerprint density at radius 1 is 1.13 bits per heavy atom. The minimum absolute atomic E-state index is 0.00364. The van der Waals surface area contributed by atoms with Crippen molar-refractivity contribution in [3.05, 3.63) is 39.6 Å². The molecule has 3 rings (SSSR count). The normalized spacial score (nSPS) is 14.8. The molecule has 1 N–H and O–H groups in total. The predicted molar refractivity (Wildman–Crippen MR) is 118 cm³/mol. The molecular weight excluding hydrogens is 440 g/mol. The quantitative estimate of drug-likeness (QED) is 0.628. The number of rotatable bonds is 7. The van der Waals surface area contributed by atoms with E-state index in [-0.39, 0.29) is 16.3 Å². The van der Waals surface area contributed by atoms with Gasteiger partial charge < -0.3 is 14.8 Å². The number of ether oxygens (including phenoxy) is 2. The van der Waals surface area contributed by atoms with Crippen LogP contribution in [0.5, 0.6) is 5.75 Å². The Labute approximate surface area is 186 Å². The van der Waals surface area contributed by atoms with Crippen LogP contribution in [0.2, 0.25) is 0 Å². The Bertz CT molecular complexity index is 1070. The van der Waals surface area contributed by atoms with E-state index in [4.69, 9.17) is 9.47 Å². The summed E-state index contributed by atoms with van der Waals surface area (Å²) in [7, 11) is -2.36. The van der Waals surface area contributed by atoms with Crippen molar-refractivity contribution in [3.8, 4) is 5.75 Å². The van der Waals surface area contributed by atoms with Crippen molar-refractivity contribution >= 4 is 38.9 Å². The number of carbonyl (C=O) groups excluding carboxylic acids is 2. The van der Waals surface area contributed by atoms with E-state index in [9.17, 15) is 18.0 Å². The lowest BCUT2D eigenvalue weighted by Crippen LogP contribution is -2.35. The summed E-state index contributed by atoms with van der Waals surface area (Å²) in [5, 5.41) is 2.58. The smallest absolute Gasteiger partial charge is 0.339 e. The van der Waals surface area contributed by atoms with Crippen molar-refractivity contribution in [2.24, 2.45) is 0 Å². The lowest BCUT2D eigenvalue weighted by molar-refractivity contribution is -0.119. The van der Waals surface area contributed by atoms with Gasteiger partial charge in [-0.05, 0) is 51.0 Å². The van der Waals surface area contributed by atoms with Crippen molar-refractivity contribution in [1.29, 1.82) is 0 Å². The molecule has 1 amide bonds. The molecular formula is C21H26N2O6S2. The zero-order valence-electron chi connectivity index (χ0n) is 17.8. The number of hydrogen-bond donors (Lipinski definition) is 1. The van der Waals surface area contributed by atoms with Gasteiger partial charge in [-0.1, -0.05) is 6.42 Å². The molecule has 0 spiro atoms. The number of nitrogens with zero attached hydrogens (tertiary/aromatic N) is 1. The highest BCUT2D eigenvalue weighted by Gasteiger charge is 2.29. The fourth-order valence-electron chi connectivity index (χ4n) is 3.44. The maximum Gasteiger partial charge on any atom is 0.339 e. The van der Waals surface area contributed by atoms with E-state index in [1.165, 1.54) is 34.9 Å². The van der Waals surface area contributed by atoms with Crippen LogP contribution >= 0.6 is 11.3 Å². The Morgan fingerprint density at radius 2 is 1.84 bits per heavy atom. The number of sulfonamides is 1. The molecule has 1 aromatic carbocycles. The highest BCUT2D eigenvalue weighted by Crippen LogP contribution is 2.31. The molecule has 10 heteroatoms. The van der Waals surface area contributed by atoms with Gasteiger partial charge >= 0.3 is 5.97 Å². The summed E-state index contributed by atoms with van der Waals surface area (Å²) in [5.74, 6) is -0.928. The van der Waals surface area contributed by atoms with Crippen molar-refractivity contribution in [3.63, 3.8) is 0 Å². The number of piperidine rings is 1. The van der Waals surface area contributed by atoms with E-state index in [1.54, 1.807) is 12.1 Å². The Morgan fingerprint density at radius 3 is 2.45 bits per heavy atom. The average Bonchev–Trinajstić information content (AvgIpc) is 3.10. The number of anilines is 1. The molecule has 0 aliphatic carbocycles. The fraction of sp³-hybridized carbons (Fsp3) is 0.429. The van der Waals surface area contributed by atoms with E-state index >= 15 is 0 Å². The summed E-state index contributed by atoms with van der Waals surface area (Å²) in [6.45, 7) is 4.14. The second kappa shape index (κ2) is 9.80. The zero-order valence-corrected chi connectivity index (χ0v) is 19.4. The number of thiophene rings is 1. The number of hydrogen-bond acceptors (Lipinski definition) is 7. The van der Waals surface area contributed by atoms with Crippen molar-refractivity contribution in [2.45, 2.75) is 38.0 Å². The SMILES string of the molecule is COc1ccc(NC(=O)COC(=O)c2cc(C)sc2C)cc1S(=O)(=O)N1CCCCC1. The summed E-state index contributed by atoms with van der Waals surface area (Å²) in [6, 6.07) is 6.13. The minimum atomic E-state index is -3.75. The van der Waals surface area contributed by atoms with Crippen LogP contribution in [0.15, 0.2) is 29.2 Å². The maximum atomic E-state index is 13.1. The van der Waals surface area contributed by atoms with E-state index in [0.29, 0.717) is 18.7 Å². The number of carbonyl (C=O) groups is 2. The second-order valence-electron chi connectivity index (χ2n) is 7.28. The van der Waals surface area contributed by atoms with Crippen molar-refractivity contribution < 1.29 is 27.5 Å². The van der Waals surface area contributed by atoms with Gasteiger partial charge in [0.1, 0.15) is 10.6 Å². The molecule has 0 saturated carbocycles. The molecule has 0 bridgehead atoms. The number of benzene rings is 1. The molecule has 1 aliphatic rings. The number of aryl methyl sites for hydroxylation is 2. The van der Waals surface area contributed by atoms with Crippen molar-refractivity contribution in [1.82, 2.24) is 4.31 Å². The van der Waals surface area contributed by atoms with Crippen LogP contribution in [0.3, 0.4) is 0 Å². The number of methoxy groups -OCH3 is 1. The lowest BCUT2D eigenvalue weighted by atomic mass is 10.2. The lowest BCUT2D eigenvalue weighted by Gasteiger charge is -2.26. The third kappa shape index (κ3) is 5.44. The fourth-order valence-corrected chi connectivity index (χ4v) is 6.05. The topological polar surface area (TPSA) is 102 Å². The molecule has 0 unspecified atom stereocenters. The standard InChI is InChI=1S/C21H26N2O6S2/c1-14-11-17(15(2)30-14)21(25)29-13-20(24)22-16-7-8-18(28-3)19(12-16)31(26,27)23-9-5-4-6-10-23/h7-8,11-12H,4-6,9-10,13H2,1-3H3,(H,22,24). The molecule has 1 fully saturated rings. The molecule has 1 aliphatic heterocycles. The van der Waals surface area contributed by atoms with Gasteiger partial charge in [-0.15, -0.1) is 11.3 Å². The minimum Gasteiger partial charge on any atom is -0.495 e. The molecule has 168 valence electrons. The molecule has 2 aromatic rings. The summed E-state index contributed by atoms with van der Waals surface area (Å²) >= 11 is 1.48. The molecule has 31 heavy (non-hydrogen) atoms. The first-order chi connectivity index (χ1) is 14.7. The molecule has 1 saturated heterocycles. The Kier molecular flexibility index (Phi) is 7.34. The largest absolute Gasteiger partial charge is 0.495 e. The van der Waals surface area contributed by atoms with Crippen LogP contribution in [0.4, 0.5) is 5.69 Å². The molecule has 1 aromatic heterocycles. The first-order valence-corrected chi connectivity index (χ1v) is 12.2.